The number of aromatic nitrogens is 2. The fourth-order valence-corrected chi connectivity index (χ4v) is 4.90. The Morgan fingerprint density at radius 1 is 0.800 bits per heavy atom. The molecule has 2 heterocycles. The highest BCUT2D eigenvalue weighted by Gasteiger charge is 2.24. The Hall–Kier alpha value is -3.28. The molecule has 0 spiro atoms. The average Bonchev–Trinajstić information content (AvgIpc) is 2.85. The second-order valence-electron chi connectivity index (χ2n) is 10.5. The molecule has 2 aromatic heterocycles. The molecule has 0 atom stereocenters. The van der Waals surface area contributed by atoms with Gasteiger partial charge in [0, 0.05) is 16.5 Å². The van der Waals surface area contributed by atoms with E-state index in [9.17, 15) is 0 Å². The van der Waals surface area contributed by atoms with Crippen LogP contribution in [0, 0.1) is 19.3 Å². The largest absolute Gasteiger partial charge is 0.395 e. The summed E-state index contributed by atoms with van der Waals surface area (Å²) in [7, 11) is 0. The first kappa shape index (κ1) is 23.5. The number of hydrogen-bond acceptors (Lipinski definition) is 6. The van der Waals surface area contributed by atoms with Crippen LogP contribution in [0.15, 0.2) is 46.7 Å². The van der Waals surface area contributed by atoms with E-state index in [0.29, 0.717) is 13.2 Å². The lowest BCUT2D eigenvalue weighted by Crippen LogP contribution is -2.25. The molecule has 0 aliphatic heterocycles. The smallest absolute Gasteiger partial charge is 0.125 e. The fourth-order valence-electron chi connectivity index (χ4n) is 4.90. The van der Waals surface area contributed by atoms with Gasteiger partial charge in [-0.3, -0.25) is 4.98 Å². The van der Waals surface area contributed by atoms with Crippen molar-refractivity contribution in [3.63, 3.8) is 0 Å². The molecular weight excluding hydrogens is 436 g/mol. The number of nitrogens with zero attached hydrogens (tertiary/aromatic N) is 4. The van der Waals surface area contributed by atoms with Crippen LogP contribution in [0.5, 0.6) is 0 Å². The molecule has 0 saturated carbocycles. The first-order valence-corrected chi connectivity index (χ1v) is 12.6. The number of benzene rings is 1. The standard InChI is InChI=1S/C29H34N4O2/c1-19-15-16-21-9-7-13-25(27(21)30-19)32-34-17-29(3,4)18-35-33-26-14-8-11-23-20(2)22-10-5-6-12-24(22)31-28(23)26/h5-6,10,12,15-16H,7-9,11,13-14,17-18H2,1-4H3. The number of fused-ring (bicyclic) bond motifs is 3. The van der Waals surface area contributed by atoms with E-state index in [2.05, 4.69) is 61.4 Å². The zero-order chi connectivity index (χ0) is 24.4. The lowest BCUT2D eigenvalue weighted by atomic mass is 9.89. The highest BCUT2D eigenvalue weighted by Crippen LogP contribution is 2.29. The van der Waals surface area contributed by atoms with Gasteiger partial charge in [0.1, 0.15) is 24.6 Å². The molecule has 0 radical (unpaired) electrons. The molecule has 0 saturated heterocycles. The Bertz CT molecular complexity index is 1310. The van der Waals surface area contributed by atoms with Gasteiger partial charge in [-0.05, 0) is 81.2 Å². The van der Waals surface area contributed by atoms with Gasteiger partial charge in [-0.15, -0.1) is 0 Å². The molecule has 6 nitrogen and oxygen atoms in total. The molecule has 3 aromatic rings. The van der Waals surface area contributed by atoms with Crippen molar-refractivity contribution < 1.29 is 9.68 Å². The van der Waals surface area contributed by atoms with Crippen LogP contribution >= 0.6 is 0 Å². The summed E-state index contributed by atoms with van der Waals surface area (Å²) in [4.78, 5) is 21.3. The predicted octanol–water partition coefficient (Wildman–Crippen LogP) is 6.09. The Kier molecular flexibility index (Phi) is 6.54. The molecule has 0 bridgehead atoms. The second kappa shape index (κ2) is 9.76. The molecule has 0 fully saturated rings. The normalized spacial score (nSPS) is 17.9. The maximum Gasteiger partial charge on any atom is 0.125 e. The number of aryl methyl sites for hydroxylation is 3. The third kappa shape index (κ3) is 5.07. The highest BCUT2D eigenvalue weighted by molar-refractivity contribution is 6.03. The molecule has 0 N–H and O–H groups in total. The molecule has 6 heteroatoms. The molecule has 35 heavy (non-hydrogen) atoms. The summed E-state index contributed by atoms with van der Waals surface area (Å²) in [5.41, 5.74) is 9.51. The van der Waals surface area contributed by atoms with Crippen LogP contribution in [-0.4, -0.2) is 34.6 Å². The van der Waals surface area contributed by atoms with Crippen LogP contribution in [-0.2, 0) is 22.5 Å². The molecule has 182 valence electrons. The Morgan fingerprint density at radius 3 is 2.26 bits per heavy atom. The van der Waals surface area contributed by atoms with Gasteiger partial charge in [-0.1, -0.05) is 48.4 Å². The second-order valence-corrected chi connectivity index (χ2v) is 10.5. The minimum absolute atomic E-state index is 0.240. The van der Waals surface area contributed by atoms with Crippen LogP contribution in [0.3, 0.4) is 0 Å². The molecule has 1 aromatic carbocycles. The summed E-state index contributed by atoms with van der Waals surface area (Å²) in [5.74, 6) is 0. The van der Waals surface area contributed by atoms with Crippen LogP contribution in [0.2, 0.25) is 0 Å². The molecule has 2 aliphatic rings. The number of oxime groups is 2. The fraction of sp³-hybridized carbons (Fsp3) is 0.448. The van der Waals surface area contributed by atoms with Crippen LogP contribution in [0.1, 0.15) is 73.3 Å². The monoisotopic (exact) mass is 470 g/mol. The van der Waals surface area contributed by atoms with E-state index in [0.717, 1.165) is 72.5 Å². The first-order chi connectivity index (χ1) is 16.9. The summed E-state index contributed by atoms with van der Waals surface area (Å²) < 4.78 is 0. The van der Waals surface area contributed by atoms with E-state index in [1.807, 2.05) is 13.0 Å². The Balaban J connectivity index is 1.24. The van der Waals surface area contributed by atoms with E-state index < -0.39 is 0 Å². The van der Waals surface area contributed by atoms with Gasteiger partial charge in [-0.2, -0.15) is 0 Å². The molecule has 2 aliphatic carbocycles. The van der Waals surface area contributed by atoms with Crippen molar-refractivity contribution in [2.75, 3.05) is 13.2 Å². The Labute approximate surface area is 207 Å². The first-order valence-electron chi connectivity index (χ1n) is 12.6. The van der Waals surface area contributed by atoms with E-state index in [-0.39, 0.29) is 5.41 Å². The van der Waals surface area contributed by atoms with Gasteiger partial charge in [-0.25, -0.2) is 4.98 Å². The van der Waals surface area contributed by atoms with Crippen molar-refractivity contribution in [1.82, 2.24) is 9.97 Å². The van der Waals surface area contributed by atoms with Crippen molar-refractivity contribution in [2.45, 2.75) is 66.2 Å². The Morgan fingerprint density at radius 2 is 1.49 bits per heavy atom. The van der Waals surface area contributed by atoms with E-state index in [1.165, 1.54) is 22.1 Å². The van der Waals surface area contributed by atoms with Crippen molar-refractivity contribution in [1.29, 1.82) is 0 Å². The third-order valence-corrected chi connectivity index (χ3v) is 6.90. The van der Waals surface area contributed by atoms with Gasteiger partial charge < -0.3 is 9.68 Å². The van der Waals surface area contributed by atoms with Crippen molar-refractivity contribution in [3.05, 3.63) is 70.2 Å². The summed E-state index contributed by atoms with van der Waals surface area (Å²) in [6.07, 6.45) is 6.01. The maximum atomic E-state index is 5.87. The number of rotatable bonds is 6. The van der Waals surface area contributed by atoms with Crippen LogP contribution < -0.4 is 0 Å². The lowest BCUT2D eigenvalue weighted by Gasteiger charge is -2.23. The minimum atomic E-state index is -0.240. The molecular formula is C29H34N4O2. The van der Waals surface area contributed by atoms with Crippen LogP contribution in [0.4, 0.5) is 0 Å². The topological polar surface area (TPSA) is 69.0 Å². The molecule has 0 unspecified atom stereocenters. The molecule has 5 rings (SSSR count). The van der Waals surface area contributed by atoms with Crippen molar-refractivity contribution >= 4 is 22.3 Å². The van der Waals surface area contributed by atoms with E-state index in [1.54, 1.807) is 0 Å². The van der Waals surface area contributed by atoms with Gasteiger partial charge >= 0.3 is 0 Å². The third-order valence-electron chi connectivity index (χ3n) is 6.90. The average molecular weight is 471 g/mol. The predicted molar refractivity (Wildman–Crippen MR) is 140 cm³/mol. The van der Waals surface area contributed by atoms with Gasteiger partial charge in [0.05, 0.1) is 16.9 Å². The number of para-hydroxylation sites is 1. The number of pyridine rings is 2. The zero-order valence-corrected chi connectivity index (χ0v) is 21.2. The van der Waals surface area contributed by atoms with Crippen molar-refractivity contribution in [2.24, 2.45) is 15.7 Å². The maximum absolute atomic E-state index is 5.87. The van der Waals surface area contributed by atoms with Gasteiger partial charge in [0.2, 0.25) is 0 Å². The van der Waals surface area contributed by atoms with Gasteiger partial charge in [0.25, 0.3) is 0 Å². The SMILES string of the molecule is Cc1ccc2c(n1)C(=NOCC(C)(C)CON=C1CCCc3c1nc1ccccc1c3C)CCC2. The van der Waals surface area contributed by atoms with Crippen molar-refractivity contribution in [3.8, 4) is 0 Å². The van der Waals surface area contributed by atoms with Gasteiger partial charge in [0.15, 0.2) is 0 Å². The van der Waals surface area contributed by atoms with Crippen LogP contribution in [0.25, 0.3) is 10.9 Å². The quantitative estimate of drug-likeness (QED) is 0.409. The number of hydrogen-bond donors (Lipinski definition) is 0. The van der Waals surface area contributed by atoms with E-state index in [4.69, 9.17) is 19.6 Å². The summed E-state index contributed by atoms with van der Waals surface area (Å²) in [6.45, 7) is 9.30. The molecule has 0 amide bonds. The minimum Gasteiger partial charge on any atom is -0.395 e. The highest BCUT2D eigenvalue weighted by atomic mass is 16.6. The summed E-state index contributed by atoms with van der Waals surface area (Å²) >= 11 is 0. The summed E-state index contributed by atoms with van der Waals surface area (Å²) in [5, 5.41) is 10.2. The lowest BCUT2D eigenvalue weighted by molar-refractivity contribution is -0.000310. The zero-order valence-electron chi connectivity index (χ0n) is 21.2. The summed E-state index contributed by atoms with van der Waals surface area (Å²) in [6, 6.07) is 12.5. The van der Waals surface area contributed by atoms with E-state index >= 15 is 0 Å².